The van der Waals surface area contributed by atoms with Crippen LogP contribution in [0, 0.1) is 0 Å². The van der Waals surface area contributed by atoms with Crippen molar-refractivity contribution in [2.75, 3.05) is 6.61 Å². The van der Waals surface area contributed by atoms with Crippen molar-refractivity contribution in [1.29, 1.82) is 0 Å². The molecule has 0 aliphatic heterocycles. The number of ether oxygens (including phenoxy) is 1. The minimum atomic E-state index is -0.391. The first-order valence-electron chi connectivity index (χ1n) is 7.41. The molecule has 2 aromatic carbocycles. The van der Waals surface area contributed by atoms with Crippen LogP contribution in [-0.2, 0) is 22.5 Å². The number of phenolic OH excluding ortho intramolecular Hbond substituents is 1. The molecule has 0 fully saturated rings. The molecule has 0 amide bonds. The minimum Gasteiger partial charge on any atom is -0.508 e. The van der Waals surface area contributed by atoms with Crippen LogP contribution in [0.5, 0.6) is 11.5 Å². The molecule has 0 saturated heterocycles. The van der Waals surface area contributed by atoms with Crippen LogP contribution in [0.15, 0.2) is 48.5 Å². The van der Waals surface area contributed by atoms with Crippen LogP contribution in [0.3, 0.4) is 0 Å². The van der Waals surface area contributed by atoms with Crippen LogP contribution < -0.4 is 4.74 Å². The van der Waals surface area contributed by atoms with Crippen LogP contribution in [0.1, 0.15) is 17.5 Å². The van der Waals surface area contributed by atoms with Crippen molar-refractivity contribution in [2.45, 2.75) is 19.3 Å². The summed E-state index contributed by atoms with van der Waals surface area (Å²) >= 11 is 0. The Labute approximate surface area is 139 Å². The first kappa shape index (κ1) is 17.9. The molecule has 0 aliphatic carbocycles. The molecule has 7 heteroatoms. The highest BCUT2D eigenvalue weighted by Gasteiger charge is 2.07. The largest absolute Gasteiger partial charge is 0.508 e. The summed E-state index contributed by atoms with van der Waals surface area (Å²) in [5, 5.41) is 25.7. The van der Waals surface area contributed by atoms with E-state index in [0.29, 0.717) is 18.6 Å². The third-order valence-electron chi connectivity index (χ3n) is 3.22. The number of aromatic hydroxyl groups is 1. The van der Waals surface area contributed by atoms with Crippen molar-refractivity contribution in [3.8, 4) is 11.5 Å². The van der Waals surface area contributed by atoms with Gasteiger partial charge in [-0.25, -0.2) is 0 Å². The van der Waals surface area contributed by atoms with Crippen LogP contribution in [0.2, 0.25) is 0 Å². The van der Waals surface area contributed by atoms with E-state index < -0.39 is 5.97 Å². The van der Waals surface area contributed by atoms with Gasteiger partial charge < -0.3 is 9.84 Å². The lowest BCUT2D eigenvalue weighted by Crippen LogP contribution is -2.15. The normalized spacial score (nSPS) is 10.8. The summed E-state index contributed by atoms with van der Waals surface area (Å²) in [5.74, 6) is 0.0954. The molecular formula is C17H19NO6. The van der Waals surface area contributed by atoms with Gasteiger partial charge in [0.15, 0.2) is 0 Å². The number of hydrogen-bond acceptors (Lipinski definition) is 7. The summed E-state index contributed by atoms with van der Waals surface area (Å²) in [6.45, 7) is 0.167. The number of benzene rings is 2. The van der Waals surface area contributed by atoms with Crippen molar-refractivity contribution in [2.24, 2.45) is 0 Å². The second-order valence-corrected chi connectivity index (χ2v) is 5.15. The van der Waals surface area contributed by atoms with Gasteiger partial charge in [-0.2, -0.15) is 0 Å². The van der Waals surface area contributed by atoms with E-state index in [1.165, 1.54) is 24.3 Å². The number of aryl methyl sites for hydroxylation is 1. The summed E-state index contributed by atoms with van der Waals surface area (Å²) in [5.41, 5.74) is 1.83. The average Bonchev–Trinajstić information content (AvgIpc) is 2.54. The van der Waals surface area contributed by atoms with Crippen molar-refractivity contribution < 1.29 is 29.9 Å². The van der Waals surface area contributed by atoms with E-state index in [4.69, 9.17) is 15.2 Å². The van der Waals surface area contributed by atoms with E-state index in [-0.39, 0.29) is 24.2 Å². The maximum absolute atomic E-state index is 11.9. The van der Waals surface area contributed by atoms with Crippen LogP contribution in [-0.4, -0.2) is 33.5 Å². The molecule has 0 atom stereocenters. The van der Waals surface area contributed by atoms with E-state index in [9.17, 15) is 9.90 Å². The lowest BCUT2D eigenvalue weighted by atomic mass is 10.0. The van der Waals surface area contributed by atoms with Crippen LogP contribution in [0.25, 0.3) is 0 Å². The Morgan fingerprint density at radius 1 is 1.04 bits per heavy atom. The molecule has 0 saturated carbocycles. The van der Waals surface area contributed by atoms with E-state index in [1.807, 2.05) is 24.3 Å². The maximum atomic E-state index is 11.9. The molecular weight excluding hydrogens is 314 g/mol. The highest BCUT2D eigenvalue weighted by molar-refractivity contribution is 5.75. The van der Waals surface area contributed by atoms with Gasteiger partial charge in [0.05, 0.1) is 18.4 Å². The smallest absolute Gasteiger partial charge is 0.315 e. The summed E-state index contributed by atoms with van der Waals surface area (Å²) in [6.07, 6.45) is 1.40. The molecule has 0 heterocycles. The Hall–Kier alpha value is -2.45. The van der Waals surface area contributed by atoms with Gasteiger partial charge in [0.2, 0.25) is 0 Å². The van der Waals surface area contributed by atoms with E-state index in [0.717, 1.165) is 11.1 Å². The standard InChI is InChI=1S/C17H19NO6/c19-15-6-8-16(9-7-15)24-17(20)12-14-4-1-3-13(11-14)5-2-10-23-18(21)22/h1,3-4,6-9,11,19,21-22H,2,5,10,12H2. The van der Waals surface area contributed by atoms with Gasteiger partial charge in [0.25, 0.3) is 0 Å². The fourth-order valence-corrected chi connectivity index (χ4v) is 2.17. The molecule has 128 valence electrons. The summed E-state index contributed by atoms with van der Waals surface area (Å²) < 4.78 is 5.21. The monoisotopic (exact) mass is 333 g/mol. The number of phenols is 1. The Morgan fingerprint density at radius 3 is 2.46 bits per heavy atom. The zero-order chi connectivity index (χ0) is 17.4. The highest BCUT2D eigenvalue weighted by atomic mass is 17.1. The molecule has 2 rings (SSSR count). The molecule has 2 aromatic rings. The third-order valence-corrected chi connectivity index (χ3v) is 3.22. The van der Waals surface area contributed by atoms with Gasteiger partial charge in [-0.3, -0.25) is 20.0 Å². The molecule has 0 unspecified atom stereocenters. The first-order valence-corrected chi connectivity index (χ1v) is 7.41. The summed E-state index contributed by atoms with van der Waals surface area (Å²) in [4.78, 5) is 16.4. The summed E-state index contributed by atoms with van der Waals surface area (Å²) in [7, 11) is 0. The van der Waals surface area contributed by atoms with Gasteiger partial charge in [0.1, 0.15) is 11.5 Å². The predicted molar refractivity (Wildman–Crippen MR) is 83.6 cm³/mol. The lowest BCUT2D eigenvalue weighted by molar-refractivity contribution is -0.492. The first-order chi connectivity index (χ1) is 11.5. The fraction of sp³-hybridized carbons (Fsp3) is 0.235. The van der Waals surface area contributed by atoms with Crippen LogP contribution in [0.4, 0.5) is 0 Å². The van der Waals surface area contributed by atoms with Crippen molar-refractivity contribution in [1.82, 2.24) is 5.39 Å². The number of carbonyl (C=O) groups is 1. The van der Waals surface area contributed by atoms with Crippen molar-refractivity contribution in [3.63, 3.8) is 0 Å². The highest BCUT2D eigenvalue weighted by Crippen LogP contribution is 2.17. The lowest BCUT2D eigenvalue weighted by Gasteiger charge is -2.08. The van der Waals surface area contributed by atoms with E-state index in [1.54, 1.807) is 0 Å². The van der Waals surface area contributed by atoms with Crippen molar-refractivity contribution in [3.05, 3.63) is 59.7 Å². The average molecular weight is 333 g/mol. The Bertz CT molecular complexity index is 656. The topological polar surface area (TPSA) is 99.5 Å². The van der Waals surface area contributed by atoms with Gasteiger partial charge in [-0.05, 0) is 48.2 Å². The zero-order valence-corrected chi connectivity index (χ0v) is 13.0. The van der Waals surface area contributed by atoms with Gasteiger partial charge in [-0.15, -0.1) is 0 Å². The maximum Gasteiger partial charge on any atom is 0.315 e. The third kappa shape index (κ3) is 6.35. The Kier molecular flexibility index (Phi) is 6.71. The number of nitrogens with zero attached hydrogens (tertiary/aromatic N) is 1. The van der Waals surface area contributed by atoms with E-state index in [2.05, 4.69) is 4.84 Å². The molecule has 0 aliphatic rings. The quantitative estimate of drug-likeness (QED) is 0.295. The second-order valence-electron chi connectivity index (χ2n) is 5.15. The second kappa shape index (κ2) is 8.99. The number of rotatable bonds is 8. The molecule has 0 spiro atoms. The number of hydrogen-bond donors (Lipinski definition) is 3. The Balaban J connectivity index is 1.84. The zero-order valence-electron chi connectivity index (χ0n) is 13.0. The van der Waals surface area contributed by atoms with Crippen LogP contribution >= 0.6 is 0 Å². The minimum absolute atomic E-state index is 0.108. The van der Waals surface area contributed by atoms with Gasteiger partial charge >= 0.3 is 5.97 Å². The molecule has 24 heavy (non-hydrogen) atoms. The Morgan fingerprint density at radius 2 is 1.75 bits per heavy atom. The van der Waals surface area contributed by atoms with Crippen molar-refractivity contribution >= 4 is 5.97 Å². The van der Waals surface area contributed by atoms with E-state index >= 15 is 0 Å². The molecule has 7 nitrogen and oxygen atoms in total. The number of carbonyl (C=O) groups excluding carboxylic acids is 1. The molecule has 0 bridgehead atoms. The molecule has 0 radical (unpaired) electrons. The number of esters is 1. The molecule has 3 N–H and O–H groups in total. The predicted octanol–water partition coefficient (Wildman–Crippen LogP) is 2.48. The fourth-order valence-electron chi connectivity index (χ4n) is 2.17. The van der Waals surface area contributed by atoms with Gasteiger partial charge in [0, 0.05) is 0 Å². The van der Waals surface area contributed by atoms with Gasteiger partial charge in [-0.1, -0.05) is 24.3 Å². The summed E-state index contributed by atoms with van der Waals surface area (Å²) in [6, 6.07) is 13.4. The molecule has 0 aromatic heterocycles. The SMILES string of the molecule is O=C(Cc1cccc(CCCON(O)O)c1)Oc1ccc(O)cc1.